The van der Waals surface area contributed by atoms with E-state index in [1.165, 1.54) is 13.2 Å². The number of esters is 1. The molecule has 0 saturated carbocycles. The van der Waals surface area contributed by atoms with Crippen molar-refractivity contribution in [2.24, 2.45) is 5.41 Å². The topological polar surface area (TPSA) is 43.4 Å². The zero-order chi connectivity index (χ0) is 10.5. The van der Waals surface area contributed by atoms with Gasteiger partial charge in [-0.15, -0.1) is 0 Å². The van der Waals surface area contributed by atoms with Crippen LogP contribution in [0.2, 0.25) is 0 Å². The molecule has 0 rings (SSSR count). The molecule has 0 radical (unpaired) electrons. The second kappa shape index (κ2) is 4.80. The zero-order valence-corrected chi connectivity index (χ0v) is 8.59. The van der Waals surface area contributed by atoms with E-state index in [1.807, 2.05) is 0 Å². The predicted octanol–water partition coefficient (Wildman–Crippen LogP) is 1.72. The molecule has 13 heavy (non-hydrogen) atoms. The average molecular weight is 184 g/mol. The maximum absolute atomic E-state index is 11.3. The summed E-state index contributed by atoms with van der Waals surface area (Å²) in [6.07, 6.45) is 3.33. The molecular weight excluding hydrogens is 168 g/mol. The van der Waals surface area contributed by atoms with E-state index in [-0.39, 0.29) is 5.78 Å². The Morgan fingerprint density at radius 2 is 1.92 bits per heavy atom. The Kier molecular flexibility index (Phi) is 4.38. The van der Waals surface area contributed by atoms with Crippen molar-refractivity contribution in [1.29, 1.82) is 0 Å². The number of ether oxygens (including phenoxy) is 1. The number of carbonyl (C=O) groups is 2. The van der Waals surface area contributed by atoms with Crippen molar-refractivity contribution in [3.05, 3.63) is 12.2 Å². The van der Waals surface area contributed by atoms with E-state index >= 15 is 0 Å². The van der Waals surface area contributed by atoms with Crippen LogP contribution in [0.1, 0.15) is 27.2 Å². The molecule has 0 spiro atoms. The van der Waals surface area contributed by atoms with Crippen LogP contribution in [-0.4, -0.2) is 18.9 Å². The highest BCUT2D eigenvalue weighted by molar-refractivity contribution is 5.88. The lowest BCUT2D eigenvalue weighted by Crippen LogP contribution is -2.20. The molecular formula is C10H16O3. The summed E-state index contributed by atoms with van der Waals surface area (Å²) >= 11 is 0. The lowest BCUT2D eigenvalue weighted by atomic mass is 9.86. The quantitative estimate of drug-likeness (QED) is 0.493. The summed E-state index contributed by atoms with van der Waals surface area (Å²) in [7, 11) is 1.31. The summed E-state index contributed by atoms with van der Waals surface area (Å²) in [4.78, 5) is 22.1. The van der Waals surface area contributed by atoms with E-state index in [0.717, 1.165) is 0 Å². The van der Waals surface area contributed by atoms with Gasteiger partial charge in [0.2, 0.25) is 0 Å². The maximum Gasteiger partial charge on any atom is 0.330 e. The standard InChI is InChI=1S/C10H16O3/c1-5-8(11)10(2,3)7-6-9(12)13-4/h6-7H,5H2,1-4H3. The van der Waals surface area contributed by atoms with Gasteiger partial charge >= 0.3 is 5.97 Å². The third-order valence-corrected chi connectivity index (χ3v) is 1.88. The summed E-state index contributed by atoms with van der Waals surface area (Å²) in [6, 6.07) is 0. The molecule has 3 nitrogen and oxygen atoms in total. The Hall–Kier alpha value is -1.12. The van der Waals surface area contributed by atoms with Gasteiger partial charge in [0.25, 0.3) is 0 Å². The molecule has 0 unspecified atom stereocenters. The van der Waals surface area contributed by atoms with Gasteiger partial charge < -0.3 is 4.74 Å². The Labute approximate surface area is 78.8 Å². The molecule has 0 aromatic rings. The molecule has 0 heterocycles. The summed E-state index contributed by atoms with van der Waals surface area (Å²) < 4.78 is 4.42. The number of rotatable bonds is 4. The van der Waals surface area contributed by atoms with E-state index < -0.39 is 11.4 Å². The van der Waals surface area contributed by atoms with Crippen molar-refractivity contribution in [2.75, 3.05) is 7.11 Å². The fourth-order valence-electron chi connectivity index (χ4n) is 0.893. The molecule has 0 atom stereocenters. The first-order valence-electron chi connectivity index (χ1n) is 4.24. The molecule has 0 amide bonds. The summed E-state index contributed by atoms with van der Waals surface area (Å²) in [5.41, 5.74) is -0.580. The van der Waals surface area contributed by atoms with Gasteiger partial charge in [-0.25, -0.2) is 4.79 Å². The number of Topliss-reactive ketones (excluding diaryl/α,β-unsaturated/α-hetero) is 1. The minimum atomic E-state index is -0.580. The van der Waals surface area contributed by atoms with E-state index in [0.29, 0.717) is 6.42 Å². The predicted molar refractivity (Wildman–Crippen MR) is 50.2 cm³/mol. The Balaban J connectivity index is 4.40. The fourth-order valence-corrected chi connectivity index (χ4v) is 0.893. The molecule has 0 aromatic carbocycles. The second-order valence-corrected chi connectivity index (χ2v) is 3.35. The SMILES string of the molecule is CCC(=O)C(C)(C)C=CC(=O)OC. The molecule has 0 fully saturated rings. The lowest BCUT2D eigenvalue weighted by Gasteiger charge is -2.16. The van der Waals surface area contributed by atoms with Gasteiger partial charge in [0, 0.05) is 17.9 Å². The Morgan fingerprint density at radius 1 is 1.38 bits per heavy atom. The molecule has 0 aliphatic carbocycles. The van der Waals surface area contributed by atoms with Crippen LogP contribution in [0.5, 0.6) is 0 Å². The van der Waals surface area contributed by atoms with E-state index in [1.54, 1.807) is 26.8 Å². The van der Waals surface area contributed by atoms with E-state index in [4.69, 9.17) is 0 Å². The van der Waals surface area contributed by atoms with Gasteiger partial charge in [0.1, 0.15) is 5.78 Å². The van der Waals surface area contributed by atoms with Crippen LogP contribution in [-0.2, 0) is 14.3 Å². The molecule has 3 heteroatoms. The molecule has 0 aliphatic heterocycles. The summed E-state index contributed by atoms with van der Waals surface area (Å²) in [5.74, 6) is -0.329. The van der Waals surface area contributed by atoms with Gasteiger partial charge in [0.05, 0.1) is 7.11 Å². The first kappa shape index (κ1) is 11.9. The van der Waals surface area contributed by atoms with Gasteiger partial charge in [-0.1, -0.05) is 13.0 Å². The fraction of sp³-hybridized carbons (Fsp3) is 0.600. The van der Waals surface area contributed by atoms with Crippen molar-refractivity contribution in [2.45, 2.75) is 27.2 Å². The van der Waals surface area contributed by atoms with Crippen molar-refractivity contribution in [3.63, 3.8) is 0 Å². The number of allylic oxidation sites excluding steroid dienone is 1. The van der Waals surface area contributed by atoms with Crippen LogP contribution in [0.3, 0.4) is 0 Å². The molecule has 0 N–H and O–H groups in total. The summed E-state index contributed by atoms with van der Waals surface area (Å²) in [5, 5.41) is 0. The third kappa shape index (κ3) is 3.87. The van der Waals surface area contributed by atoms with Crippen LogP contribution in [0, 0.1) is 5.41 Å². The van der Waals surface area contributed by atoms with Crippen molar-refractivity contribution in [1.82, 2.24) is 0 Å². The molecule has 0 bridgehead atoms. The van der Waals surface area contributed by atoms with Gasteiger partial charge in [-0.3, -0.25) is 4.79 Å². The molecule has 0 aliphatic rings. The number of methoxy groups -OCH3 is 1. The highest BCUT2D eigenvalue weighted by Crippen LogP contribution is 2.19. The van der Waals surface area contributed by atoms with Crippen molar-refractivity contribution in [3.8, 4) is 0 Å². The Morgan fingerprint density at radius 3 is 2.31 bits per heavy atom. The normalized spacial score (nSPS) is 11.7. The van der Waals surface area contributed by atoms with Gasteiger partial charge in [0.15, 0.2) is 0 Å². The third-order valence-electron chi connectivity index (χ3n) is 1.88. The second-order valence-electron chi connectivity index (χ2n) is 3.35. The highest BCUT2D eigenvalue weighted by atomic mass is 16.5. The minimum absolute atomic E-state index is 0.104. The van der Waals surface area contributed by atoms with E-state index in [9.17, 15) is 9.59 Å². The van der Waals surface area contributed by atoms with Crippen LogP contribution in [0.15, 0.2) is 12.2 Å². The number of hydrogen-bond acceptors (Lipinski definition) is 3. The maximum atomic E-state index is 11.3. The van der Waals surface area contributed by atoms with E-state index in [2.05, 4.69) is 4.74 Å². The zero-order valence-electron chi connectivity index (χ0n) is 8.59. The first-order chi connectivity index (χ1) is 5.94. The van der Waals surface area contributed by atoms with Crippen molar-refractivity contribution < 1.29 is 14.3 Å². The largest absolute Gasteiger partial charge is 0.466 e. The highest BCUT2D eigenvalue weighted by Gasteiger charge is 2.22. The summed E-state index contributed by atoms with van der Waals surface area (Å²) in [6.45, 7) is 5.35. The van der Waals surface area contributed by atoms with Crippen molar-refractivity contribution >= 4 is 11.8 Å². The van der Waals surface area contributed by atoms with Crippen LogP contribution < -0.4 is 0 Å². The van der Waals surface area contributed by atoms with Gasteiger partial charge in [-0.05, 0) is 13.8 Å². The monoisotopic (exact) mass is 184 g/mol. The lowest BCUT2D eigenvalue weighted by molar-refractivity contribution is -0.134. The molecule has 0 aromatic heterocycles. The van der Waals surface area contributed by atoms with Crippen LogP contribution in [0.4, 0.5) is 0 Å². The number of carbonyl (C=O) groups excluding carboxylic acids is 2. The average Bonchev–Trinajstić information content (AvgIpc) is 2.12. The molecule has 0 saturated heterocycles. The van der Waals surface area contributed by atoms with Crippen LogP contribution >= 0.6 is 0 Å². The first-order valence-corrected chi connectivity index (χ1v) is 4.24. The smallest absolute Gasteiger partial charge is 0.330 e. The van der Waals surface area contributed by atoms with Crippen LogP contribution in [0.25, 0.3) is 0 Å². The van der Waals surface area contributed by atoms with Gasteiger partial charge in [-0.2, -0.15) is 0 Å². The molecule has 74 valence electrons. The minimum Gasteiger partial charge on any atom is -0.466 e. The number of hydrogen-bond donors (Lipinski definition) is 0. The Bertz CT molecular complexity index is 226. The number of ketones is 1.